The maximum Gasteiger partial charge on any atom is 0.416 e. The zero-order chi connectivity index (χ0) is 23.4. The van der Waals surface area contributed by atoms with Gasteiger partial charge in [-0.25, -0.2) is 9.78 Å². The van der Waals surface area contributed by atoms with E-state index in [1.165, 1.54) is 25.4 Å². The van der Waals surface area contributed by atoms with Gasteiger partial charge < -0.3 is 14.8 Å². The number of ether oxygens (including phenoxy) is 2. The number of carbonyl (C=O) groups is 2. The fourth-order valence-corrected chi connectivity index (χ4v) is 2.65. The molecule has 31 heavy (non-hydrogen) atoms. The van der Waals surface area contributed by atoms with Crippen LogP contribution in [0, 0.1) is 0 Å². The highest BCUT2D eigenvalue weighted by molar-refractivity contribution is 5.97. The molecule has 0 aliphatic rings. The minimum absolute atomic E-state index is 0.102. The van der Waals surface area contributed by atoms with Crippen molar-refractivity contribution in [2.24, 2.45) is 0 Å². The molecule has 0 spiro atoms. The molecule has 6 nitrogen and oxygen atoms in total. The van der Waals surface area contributed by atoms with Gasteiger partial charge in [0.1, 0.15) is 6.04 Å². The summed E-state index contributed by atoms with van der Waals surface area (Å²) in [4.78, 5) is 28.5. The molecule has 0 saturated carbocycles. The van der Waals surface area contributed by atoms with Gasteiger partial charge in [0.15, 0.2) is 0 Å². The lowest BCUT2D eigenvalue weighted by molar-refractivity contribution is -0.144. The molecule has 1 atom stereocenters. The molecule has 2 aromatic rings. The van der Waals surface area contributed by atoms with Gasteiger partial charge in [0.05, 0.1) is 25.3 Å². The van der Waals surface area contributed by atoms with E-state index in [4.69, 9.17) is 4.74 Å². The van der Waals surface area contributed by atoms with Gasteiger partial charge in [-0.2, -0.15) is 26.3 Å². The minimum Gasteiger partial charge on any atom is -0.481 e. The molecule has 1 aromatic heterocycles. The molecule has 2 rings (SSSR count). The van der Waals surface area contributed by atoms with Gasteiger partial charge in [-0.05, 0) is 24.3 Å². The van der Waals surface area contributed by atoms with E-state index in [2.05, 4.69) is 15.0 Å². The van der Waals surface area contributed by atoms with Crippen molar-refractivity contribution in [1.29, 1.82) is 0 Å². The summed E-state index contributed by atoms with van der Waals surface area (Å²) in [6.07, 6.45) is -9.09. The molecule has 0 aliphatic heterocycles. The number of amides is 1. The average molecular weight is 450 g/mol. The van der Waals surface area contributed by atoms with E-state index in [-0.39, 0.29) is 30.5 Å². The first-order chi connectivity index (χ1) is 14.4. The lowest BCUT2D eigenvalue weighted by Crippen LogP contribution is -2.43. The van der Waals surface area contributed by atoms with Crippen LogP contribution in [-0.2, 0) is 28.3 Å². The van der Waals surface area contributed by atoms with Crippen molar-refractivity contribution < 1.29 is 45.4 Å². The smallest absolute Gasteiger partial charge is 0.416 e. The van der Waals surface area contributed by atoms with E-state index in [1.807, 2.05) is 0 Å². The third kappa shape index (κ3) is 6.09. The maximum atomic E-state index is 13.0. The lowest BCUT2D eigenvalue weighted by Gasteiger charge is -2.19. The van der Waals surface area contributed by atoms with Crippen molar-refractivity contribution in [2.75, 3.05) is 14.2 Å². The summed E-state index contributed by atoms with van der Waals surface area (Å²) >= 11 is 0. The number of esters is 1. The predicted octanol–water partition coefficient (Wildman–Crippen LogP) is 3.64. The number of aromatic nitrogens is 1. The van der Waals surface area contributed by atoms with E-state index in [0.717, 1.165) is 7.11 Å². The quantitative estimate of drug-likeness (QED) is 0.537. The topological polar surface area (TPSA) is 77.5 Å². The second-order valence-electron chi connectivity index (χ2n) is 6.22. The molecule has 168 valence electrons. The van der Waals surface area contributed by atoms with Crippen LogP contribution in [0.1, 0.15) is 27.0 Å². The third-order valence-corrected chi connectivity index (χ3v) is 4.11. The monoisotopic (exact) mass is 450 g/mol. The van der Waals surface area contributed by atoms with Gasteiger partial charge in [-0.3, -0.25) is 4.79 Å². The Balaban J connectivity index is 2.40. The molecule has 0 radical (unpaired) electrons. The Hall–Kier alpha value is -3.31. The van der Waals surface area contributed by atoms with E-state index in [0.29, 0.717) is 5.56 Å². The number of nitrogens with one attached hydrogen (secondary N) is 1. The molecule has 0 aliphatic carbocycles. The molecular weight excluding hydrogens is 434 g/mol. The SMILES string of the molecule is COC(=O)[C@@H](Cc1cccnc1OC)NC(=O)c1cc(C(F)(F)F)cc(C(F)(F)F)c1. The Bertz CT molecular complexity index is 927. The van der Waals surface area contributed by atoms with Gasteiger partial charge in [-0.15, -0.1) is 0 Å². The van der Waals surface area contributed by atoms with E-state index in [1.54, 1.807) is 0 Å². The number of carbonyl (C=O) groups excluding carboxylic acids is 2. The Morgan fingerprint density at radius 2 is 1.61 bits per heavy atom. The van der Waals surface area contributed by atoms with Crippen molar-refractivity contribution in [3.8, 4) is 5.88 Å². The molecule has 12 heteroatoms. The summed E-state index contributed by atoms with van der Waals surface area (Å²) in [6, 6.07) is 2.03. The van der Waals surface area contributed by atoms with Crippen LogP contribution in [-0.4, -0.2) is 37.1 Å². The first-order valence-corrected chi connectivity index (χ1v) is 8.53. The van der Waals surface area contributed by atoms with Crippen molar-refractivity contribution in [1.82, 2.24) is 10.3 Å². The van der Waals surface area contributed by atoms with Crippen molar-refractivity contribution in [3.63, 3.8) is 0 Å². The van der Waals surface area contributed by atoms with Crippen LogP contribution in [0.25, 0.3) is 0 Å². The fraction of sp³-hybridized carbons (Fsp3) is 0.316. The molecular formula is C19H16F6N2O4. The van der Waals surface area contributed by atoms with Crippen LogP contribution in [0.3, 0.4) is 0 Å². The van der Waals surface area contributed by atoms with Gasteiger partial charge in [0.25, 0.3) is 5.91 Å². The highest BCUT2D eigenvalue weighted by Crippen LogP contribution is 2.36. The molecule has 0 bridgehead atoms. The first-order valence-electron chi connectivity index (χ1n) is 8.53. The highest BCUT2D eigenvalue weighted by atomic mass is 19.4. The summed E-state index contributed by atoms with van der Waals surface area (Å²) in [6.45, 7) is 0. The average Bonchev–Trinajstić information content (AvgIpc) is 2.71. The molecule has 1 aromatic carbocycles. The Kier molecular flexibility index (Phi) is 7.13. The number of alkyl halides is 6. The summed E-state index contributed by atoms with van der Waals surface area (Å²) in [7, 11) is 2.31. The van der Waals surface area contributed by atoms with Gasteiger partial charge in [-0.1, -0.05) is 6.07 Å². The molecule has 1 N–H and O–H groups in total. The first kappa shape index (κ1) is 24.0. The summed E-state index contributed by atoms with van der Waals surface area (Å²) < 4.78 is 87.7. The zero-order valence-corrected chi connectivity index (χ0v) is 16.1. The second-order valence-corrected chi connectivity index (χ2v) is 6.22. The van der Waals surface area contributed by atoms with Gasteiger partial charge in [0.2, 0.25) is 5.88 Å². The van der Waals surface area contributed by atoms with Crippen molar-refractivity contribution >= 4 is 11.9 Å². The molecule has 1 heterocycles. The molecule has 1 amide bonds. The van der Waals surface area contributed by atoms with Crippen LogP contribution >= 0.6 is 0 Å². The number of pyridine rings is 1. The van der Waals surface area contributed by atoms with E-state index < -0.39 is 47.0 Å². The van der Waals surface area contributed by atoms with E-state index in [9.17, 15) is 35.9 Å². The second kappa shape index (κ2) is 9.23. The highest BCUT2D eigenvalue weighted by Gasteiger charge is 2.38. The van der Waals surface area contributed by atoms with Gasteiger partial charge in [0, 0.05) is 23.7 Å². The summed E-state index contributed by atoms with van der Waals surface area (Å²) in [5, 5.41) is 2.11. The summed E-state index contributed by atoms with van der Waals surface area (Å²) in [5.74, 6) is -2.18. The number of hydrogen-bond acceptors (Lipinski definition) is 5. The number of halogens is 6. The zero-order valence-electron chi connectivity index (χ0n) is 16.1. The summed E-state index contributed by atoms with van der Waals surface area (Å²) in [5.41, 5.74) is -3.89. The fourth-order valence-electron chi connectivity index (χ4n) is 2.65. The maximum absolute atomic E-state index is 13.0. The standard InChI is InChI=1S/C19H16F6N2O4/c1-30-16-10(4-3-5-26-16)8-14(17(29)31-2)27-15(28)11-6-12(18(20,21)22)9-13(7-11)19(23,24)25/h3-7,9,14H,8H2,1-2H3,(H,27,28)/t14-/m1/s1. The molecule has 0 fully saturated rings. The minimum atomic E-state index is -5.12. The van der Waals surface area contributed by atoms with E-state index >= 15 is 0 Å². The Morgan fingerprint density at radius 1 is 1.03 bits per heavy atom. The van der Waals surface area contributed by atoms with Crippen molar-refractivity contribution in [3.05, 3.63) is 58.8 Å². The predicted molar refractivity (Wildman–Crippen MR) is 94.2 cm³/mol. The third-order valence-electron chi connectivity index (χ3n) is 4.11. The van der Waals surface area contributed by atoms with Crippen LogP contribution in [0.5, 0.6) is 5.88 Å². The van der Waals surface area contributed by atoms with Gasteiger partial charge >= 0.3 is 18.3 Å². The van der Waals surface area contributed by atoms with Crippen LogP contribution in [0.2, 0.25) is 0 Å². The normalized spacial score (nSPS) is 12.8. The largest absolute Gasteiger partial charge is 0.481 e. The molecule has 0 unspecified atom stereocenters. The van der Waals surface area contributed by atoms with Crippen molar-refractivity contribution in [2.45, 2.75) is 24.8 Å². The number of hydrogen-bond donors (Lipinski definition) is 1. The number of nitrogens with zero attached hydrogens (tertiary/aromatic N) is 1. The van der Waals surface area contributed by atoms with Crippen LogP contribution in [0.4, 0.5) is 26.3 Å². The number of methoxy groups -OCH3 is 2. The van der Waals surface area contributed by atoms with Crippen LogP contribution in [0.15, 0.2) is 36.5 Å². The Morgan fingerprint density at radius 3 is 2.10 bits per heavy atom. The number of rotatable bonds is 6. The number of benzene rings is 1. The molecule has 0 saturated heterocycles. The lowest BCUT2D eigenvalue weighted by atomic mass is 10.0. The Labute approximate surface area is 172 Å². The van der Waals surface area contributed by atoms with Crippen LogP contribution < -0.4 is 10.1 Å².